The second-order valence-corrected chi connectivity index (χ2v) is 12.0. The predicted molar refractivity (Wildman–Crippen MR) is 135 cm³/mol. The number of aryl methyl sites for hydroxylation is 1. The number of benzene rings is 1. The topological polar surface area (TPSA) is 84.4 Å². The first kappa shape index (κ1) is 23.0. The van der Waals surface area contributed by atoms with Crippen LogP contribution in [0.2, 0.25) is 5.02 Å². The Morgan fingerprint density at radius 3 is 2.71 bits per heavy atom. The van der Waals surface area contributed by atoms with Crippen LogP contribution < -0.4 is 5.32 Å². The summed E-state index contributed by atoms with van der Waals surface area (Å²) in [7, 11) is 0. The predicted octanol–water partition coefficient (Wildman–Crippen LogP) is 4.13. The summed E-state index contributed by atoms with van der Waals surface area (Å²) in [5, 5.41) is 4.13. The number of halogens is 1. The number of aromatic nitrogens is 2. The maximum Gasteiger partial charge on any atom is 0.233 e. The Morgan fingerprint density at radius 2 is 1.97 bits per heavy atom. The van der Waals surface area contributed by atoms with E-state index in [1.54, 1.807) is 6.33 Å². The number of morpholine rings is 1. The molecule has 1 aromatic carbocycles. The van der Waals surface area contributed by atoms with Gasteiger partial charge in [0.05, 0.1) is 46.0 Å². The van der Waals surface area contributed by atoms with Crippen molar-refractivity contribution in [2.75, 3.05) is 13.1 Å². The summed E-state index contributed by atoms with van der Waals surface area (Å²) in [4.78, 5) is 36.4. The number of likely N-dealkylation sites (tertiary alicyclic amines) is 1. The van der Waals surface area contributed by atoms with E-state index in [9.17, 15) is 9.59 Å². The molecule has 3 aromatic rings. The lowest BCUT2D eigenvalue weighted by Gasteiger charge is -2.37. The van der Waals surface area contributed by atoms with Crippen molar-refractivity contribution in [2.45, 2.75) is 51.9 Å². The third-order valence-electron chi connectivity index (χ3n) is 7.17. The summed E-state index contributed by atoms with van der Waals surface area (Å²) in [5.74, 6) is -0.266. The maximum atomic E-state index is 12.5. The van der Waals surface area contributed by atoms with Crippen LogP contribution in [0.3, 0.4) is 0 Å². The first-order chi connectivity index (χ1) is 16.7. The first-order valence-corrected chi connectivity index (χ1v) is 13.2. The monoisotopic (exact) mass is 510 g/mol. The molecule has 2 aromatic heterocycles. The molecule has 6 rings (SSSR count). The summed E-state index contributed by atoms with van der Waals surface area (Å²) < 4.78 is 7.29. The molecule has 0 bridgehead atoms. The zero-order chi connectivity index (χ0) is 24.5. The van der Waals surface area contributed by atoms with Gasteiger partial charge < -0.3 is 10.1 Å². The smallest absolute Gasteiger partial charge is 0.233 e. The van der Waals surface area contributed by atoms with Crippen molar-refractivity contribution in [2.24, 2.45) is 11.8 Å². The molecule has 2 saturated heterocycles. The highest BCUT2D eigenvalue weighted by Crippen LogP contribution is 2.48. The normalized spacial score (nSPS) is 25.4. The van der Waals surface area contributed by atoms with E-state index in [-0.39, 0.29) is 35.4 Å². The fraction of sp³-hybridized carbons (Fsp3) is 0.462. The quantitative estimate of drug-likeness (QED) is 0.519. The van der Waals surface area contributed by atoms with Crippen LogP contribution in [-0.4, -0.2) is 51.5 Å². The lowest BCUT2D eigenvalue weighted by Crippen LogP contribution is -2.51. The SMILES string of the molecule is Cc1cc(Cl)cc(-c2ncnc3cc(CN4C(=O)C5CC5C4=O)sc23)c1C[C@@H]1CNCC(C)(C)O1. The van der Waals surface area contributed by atoms with Gasteiger partial charge in [0.25, 0.3) is 0 Å². The van der Waals surface area contributed by atoms with Crippen LogP contribution in [0.15, 0.2) is 24.5 Å². The van der Waals surface area contributed by atoms with Crippen molar-refractivity contribution in [1.82, 2.24) is 20.2 Å². The van der Waals surface area contributed by atoms with Gasteiger partial charge in [-0.2, -0.15) is 0 Å². The van der Waals surface area contributed by atoms with Gasteiger partial charge in [0.1, 0.15) is 6.33 Å². The molecule has 2 aliphatic heterocycles. The molecule has 4 heterocycles. The van der Waals surface area contributed by atoms with E-state index in [0.29, 0.717) is 18.0 Å². The van der Waals surface area contributed by atoms with E-state index in [0.717, 1.165) is 57.0 Å². The van der Waals surface area contributed by atoms with E-state index in [1.165, 1.54) is 16.2 Å². The van der Waals surface area contributed by atoms with Crippen molar-refractivity contribution in [3.8, 4) is 11.3 Å². The Morgan fingerprint density at radius 1 is 1.20 bits per heavy atom. The number of rotatable bonds is 5. The second-order valence-electron chi connectivity index (χ2n) is 10.4. The van der Waals surface area contributed by atoms with Gasteiger partial charge in [-0.15, -0.1) is 11.3 Å². The van der Waals surface area contributed by atoms with Gasteiger partial charge in [-0.25, -0.2) is 9.97 Å². The Labute approximate surface area is 212 Å². The standard InChI is InChI=1S/C26H27ClN4O3S/c1-13-4-14(27)5-18(17(13)6-15-9-28-11-26(2,3)34-15)22-23-21(29-12-30-22)7-16(35-23)10-31-24(32)19-8-20(19)25(31)33/h4-5,7,12,15,19-20,28H,6,8-11H2,1-3H3/t15-,19?,20?/m1/s1. The average Bonchev–Trinajstić information content (AvgIpc) is 3.43. The van der Waals surface area contributed by atoms with E-state index >= 15 is 0 Å². The molecule has 2 unspecified atom stereocenters. The summed E-state index contributed by atoms with van der Waals surface area (Å²) in [6.07, 6.45) is 3.05. The largest absolute Gasteiger partial charge is 0.369 e. The molecule has 3 aliphatic rings. The lowest BCUT2D eigenvalue weighted by atomic mass is 9.93. The Hall–Kier alpha value is -2.39. The molecule has 3 fully saturated rings. The number of amides is 2. The number of thiophene rings is 1. The minimum Gasteiger partial charge on any atom is -0.369 e. The van der Waals surface area contributed by atoms with Gasteiger partial charge in [-0.3, -0.25) is 14.5 Å². The van der Waals surface area contributed by atoms with Gasteiger partial charge >= 0.3 is 0 Å². The molecule has 2 amide bonds. The highest BCUT2D eigenvalue weighted by Gasteiger charge is 2.58. The zero-order valence-electron chi connectivity index (χ0n) is 19.9. The molecular weight excluding hydrogens is 484 g/mol. The number of carbonyl (C=O) groups is 2. The van der Waals surface area contributed by atoms with E-state index in [2.05, 4.69) is 36.1 Å². The van der Waals surface area contributed by atoms with Crippen molar-refractivity contribution in [3.05, 3.63) is 45.6 Å². The lowest BCUT2D eigenvalue weighted by molar-refractivity contribution is -0.141. The maximum absolute atomic E-state index is 12.5. The molecule has 0 radical (unpaired) electrons. The number of carbonyl (C=O) groups excluding carboxylic acids is 2. The molecule has 7 nitrogen and oxygen atoms in total. The summed E-state index contributed by atoms with van der Waals surface area (Å²) in [6.45, 7) is 8.17. The second kappa shape index (κ2) is 8.34. The molecule has 3 atom stereocenters. The van der Waals surface area contributed by atoms with Crippen molar-refractivity contribution >= 4 is 45.0 Å². The molecule has 0 spiro atoms. The number of nitrogens with zero attached hydrogens (tertiary/aromatic N) is 3. The minimum absolute atomic E-state index is 0.0345. The third kappa shape index (κ3) is 4.16. The number of ether oxygens (including phenoxy) is 1. The van der Waals surface area contributed by atoms with Crippen LogP contribution >= 0.6 is 22.9 Å². The molecule has 35 heavy (non-hydrogen) atoms. The van der Waals surface area contributed by atoms with E-state index in [1.807, 2.05) is 18.2 Å². The van der Waals surface area contributed by atoms with Crippen LogP contribution in [0.4, 0.5) is 0 Å². The Bertz CT molecular complexity index is 1350. The minimum atomic E-state index is -0.223. The zero-order valence-corrected chi connectivity index (χ0v) is 21.5. The Kier molecular flexibility index (Phi) is 5.49. The van der Waals surface area contributed by atoms with Gasteiger partial charge in [0.15, 0.2) is 0 Å². The van der Waals surface area contributed by atoms with Crippen molar-refractivity contribution in [3.63, 3.8) is 0 Å². The van der Waals surface area contributed by atoms with Gasteiger partial charge in [-0.1, -0.05) is 11.6 Å². The van der Waals surface area contributed by atoms with Gasteiger partial charge in [-0.05, 0) is 56.5 Å². The highest BCUT2D eigenvalue weighted by molar-refractivity contribution is 7.19. The summed E-state index contributed by atoms with van der Waals surface area (Å²) in [6, 6.07) is 5.91. The average molecular weight is 511 g/mol. The van der Waals surface area contributed by atoms with Gasteiger partial charge in [0.2, 0.25) is 11.8 Å². The van der Waals surface area contributed by atoms with Crippen molar-refractivity contribution in [1.29, 1.82) is 0 Å². The van der Waals surface area contributed by atoms with Crippen LogP contribution in [-0.2, 0) is 27.3 Å². The fourth-order valence-electron chi connectivity index (χ4n) is 5.40. The van der Waals surface area contributed by atoms with E-state index in [4.69, 9.17) is 16.3 Å². The number of imide groups is 1. The number of hydrogen-bond acceptors (Lipinski definition) is 7. The van der Waals surface area contributed by atoms with Crippen LogP contribution in [0, 0.1) is 18.8 Å². The molecular formula is C26H27ClN4O3S. The number of piperidine rings is 1. The van der Waals surface area contributed by atoms with E-state index < -0.39 is 0 Å². The molecule has 9 heteroatoms. The number of nitrogens with one attached hydrogen (secondary N) is 1. The molecule has 1 N–H and O–H groups in total. The summed E-state index contributed by atoms with van der Waals surface area (Å²) in [5.41, 5.74) is 4.61. The first-order valence-electron chi connectivity index (χ1n) is 12.0. The molecule has 1 saturated carbocycles. The molecule has 182 valence electrons. The number of fused-ring (bicyclic) bond motifs is 2. The van der Waals surface area contributed by atoms with Crippen LogP contribution in [0.25, 0.3) is 21.5 Å². The number of hydrogen-bond donors (Lipinski definition) is 1. The van der Waals surface area contributed by atoms with Gasteiger partial charge in [0, 0.05) is 35.0 Å². The van der Waals surface area contributed by atoms with Crippen molar-refractivity contribution < 1.29 is 14.3 Å². The fourth-order valence-corrected chi connectivity index (χ4v) is 6.78. The summed E-state index contributed by atoms with van der Waals surface area (Å²) >= 11 is 8.05. The van der Waals surface area contributed by atoms with Crippen LogP contribution in [0.1, 0.15) is 36.3 Å². The molecule has 1 aliphatic carbocycles. The van der Waals surface area contributed by atoms with Crippen LogP contribution in [0.5, 0.6) is 0 Å². The third-order valence-corrected chi connectivity index (χ3v) is 8.50. The Balaban J connectivity index is 1.37. The highest BCUT2D eigenvalue weighted by atomic mass is 35.5.